The largest absolute Gasteiger partial charge is 0.444 e. The second-order valence-corrected chi connectivity index (χ2v) is 6.26. The predicted octanol–water partition coefficient (Wildman–Crippen LogP) is 2.95. The third-order valence-electron chi connectivity index (χ3n) is 3.15. The van der Waals surface area contributed by atoms with Crippen LogP contribution in [-0.4, -0.2) is 27.8 Å². The van der Waals surface area contributed by atoms with Gasteiger partial charge in [-0.1, -0.05) is 6.07 Å². The first-order valence-corrected chi connectivity index (χ1v) is 7.15. The molecule has 0 aliphatic rings. The molecule has 1 N–H and O–H groups in total. The van der Waals surface area contributed by atoms with Crippen LogP contribution in [0.3, 0.4) is 0 Å². The fraction of sp³-hybridized carbons (Fsp3) is 0.500. The van der Waals surface area contributed by atoms with Gasteiger partial charge in [-0.15, -0.1) is 0 Å². The first-order chi connectivity index (χ1) is 9.76. The summed E-state index contributed by atoms with van der Waals surface area (Å²) in [7, 11) is 2.00. The van der Waals surface area contributed by atoms with Gasteiger partial charge in [-0.05, 0) is 45.4 Å². The number of hydrogen-bond acceptors (Lipinski definition) is 3. The van der Waals surface area contributed by atoms with Crippen LogP contribution in [0.5, 0.6) is 0 Å². The quantitative estimate of drug-likeness (QED) is 0.945. The molecule has 0 aliphatic heterocycles. The summed E-state index contributed by atoms with van der Waals surface area (Å²) in [6.45, 7) is 8.11. The maximum atomic E-state index is 11.6. The average Bonchev–Trinajstić information content (AvgIpc) is 2.65. The Balaban J connectivity index is 1.98. The summed E-state index contributed by atoms with van der Waals surface area (Å²) in [6, 6.07) is 6.20. The number of fused-ring (bicyclic) bond motifs is 1. The molecular formula is C16H23N3O2. The standard InChI is InChI=1S/C16H23N3O2/c1-11-6-7-12-13(10-11)19(5)14(18-12)8-9-17-15(20)21-16(2,3)4/h6-7,10H,8-9H2,1-5H3,(H,17,20). The lowest BCUT2D eigenvalue weighted by Gasteiger charge is -2.19. The molecule has 0 unspecified atom stereocenters. The number of aryl methyl sites for hydroxylation is 2. The highest BCUT2D eigenvalue weighted by molar-refractivity contribution is 5.76. The average molecular weight is 289 g/mol. The third-order valence-corrected chi connectivity index (χ3v) is 3.15. The maximum absolute atomic E-state index is 11.6. The van der Waals surface area contributed by atoms with Crippen molar-refractivity contribution in [3.8, 4) is 0 Å². The van der Waals surface area contributed by atoms with Gasteiger partial charge >= 0.3 is 6.09 Å². The van der Waals surface area contributed by atoms with Crippen molar-refractivity contribution in [1.29, 1.82) is 0 Å². The van der Waals surface area contributed by atoms with Crippen LogP contribution >= 0.6 is 0 Å². The number of carbonyl (C=O) groups is 1. The molecule has 1 amide bonds. The third kappa shape index (κ3) is 3.97. The van der Waals surface area contributed by atoms with E-state index in [0.717, 1.165) is 16.9 Å². The summed E-state index contributed by atoms with van der Waals surface area (Å²) >= 11 is 0. The number of amides is 1. The van der Waals surface area contributed by atoms with Crippen molar-refractivity contribution in [1.82, 2.24) is 14.9 Å². The number of imidazole rings is 1. The van der Waals surface area contributed by atoms with Gasteiger partial charge in [0.25, 0.3) is 0 Å². The van der Waals surface area contributed by atoms with E-state index in [0.29, 0.717) is 13.0 Å². The second-order valence-electron chi connectivity index (χ2n) is 6.26. The minimum absolute atomic E-state index is 0.392. The van der Waals surface area contributed by atoms with Gasteiger partial charge in [-0.3, -0.25) is 0 Å². The molecule has 0 saturated carbocycles. The minimum Gasteiger partial charge on any atom is -0.444 e. The molecular weight excluding hydrogens is 266 g/mol. The highest BCUT2D eigenvalue weighted by atomic mass is 16.6. The minimum atomic E-state index is -0.473. The maximum Gasteiger partial charge on any atom is 0.407 e. The Hall–Kier alpha value is -2.04. The van der Waals surface area contributed by atoms with Gasteiger partial charge in [0.1, 0.15) is 11.4 Å². The van der Waals surface area contributed by atoms with Crippen LogP contribution in [0.4, 0.5) is 4.79 Å². The Morgan fingerprint density at radius 2 is 2.10 bits per heavy atom. The van der Waals surface area contributed by atoms with E-state index < -0.39 is 11.7 Å². The van der Waals surface area contributed by atoms with E-state index in [1.54, 1.807) is 0 Å². The van der Waals surface area contributed by atoms with E-state index in [1.165, 1.54) is 5.56 Å². The Bertz CT molecular complexity index is 653. The molecule has 1 aromatic carbocycles. The number of nitrogens with zero attached hydrogens (tertiary/aromatic N) is 2. The van der Waals surface area contributed by atoms with Crippen LogP contribution in [0.1, 0.15) is 32.2 Å². The molecule has 2 aromatic rings. The monoisotopic (exact) mass is 289 g/mol. The van der Waals surface area contributed by atoms with Crippen LogP contribution in [0.15, 0.2) is 18.2 Å². The van der Waals surface area contributed by atoms with Crippen molar-refractivity contribution in [3.63, 3.8) is 0 Å². The highest BCUT2D eigenvalue weighted by Gasteiger charge is 2.16. The topological polar surface area (TPSA) is 56.1 Å². The first kappa shape index (κ1) is 15.4. The van der Waals surface area contributed by atoms with Gasteiger partial charge in [0.05, 0.1) is 11.0 Å². The molecule has 2 rings (SSSR count). The molecule has 0 spiro atoms. The molecule has 0 fully saturated rings. The number of carbonyl (C=O) groups excluding carboxylic acids is 1. The lowest BCUT2D eigenvalue weighted by Crippen LogP contribution is -2.33. The zero-order valence-electron chi connectivity index (χ0n) is 13.4. The molecule has 5 heteroatoms. The van der Waals surface area contributed by atoms with Gasteiger partial charge in [-0.2, -0.15) is 0 Å². The first-order valence-electron chi connectivity index (χ1n) is 7.15. The SMILES string of the molecule is Cc1ccc2nc(CCNC(=O)OC(C)(C)C)n(C)c2c1. The zero-order chi connectivity index (χ0) is 15.6. The smallest absolute Gasteiger partial charge is 0.407 e. The Morgan fingerprint density at radius 3 is 2.76 bits per heavy atom. The molecule has 0 radical (unpaired) electrons. The molecule has 1 heterocycles. The summed E-state index contributed by atoms with van der Waals surface area (Å²) in [5.41, 5.74) is 2.83. The number of rotatable bonds is 3. The fourth-order valence-corrected chi connectivity index (χ4v) is 2.16. The van der Waals surface area contributed by atoms with Crippen LogP contribution in [-0.2, 0) is 18.2 Å². The van der Waals surface area contributed by atoms with Crippen molar-refractivity contribution in [2.24, 2.45) is 7.05 Å². The molecule has 0 saturated heterocycles. The Morgan fingerprint density at radius 1 is 1.38 bits per heavy atom. The van der Waals surface area contributed by atoms with Gasteiger partial charge in [0, 0.05) is 20.0 Å². The summed E-state index contributed by atoms with van der Waals surface area (Å²) in [5.74, 6) is 0.951. The molecule has 0 bridgehead atoms. The van der Waals surface area contributed by atoms with E-state index in [2.05, 4.69) is 33.9 Å². The van der Waals surface area contributed by atoms with Crippen molar-refractivity contribution < 1.29 is 9.53 Å². The van der Waals surface area contributed by atoms with Crippen molar-refractivity contribution in [2.75, 3.05) is 6.54 Å². The van der Waals surface area contributed by atoms with Gasteiger partial charge in [0.2, 0.25) is 0 Å². The van der Waals surface area contributed by atoms with Gasteiger partial charge in [-0.25, -0.2) is 9.78 Å². The molecule has 0 aliphatic carbocycles. The summed E-state index contributed by atoms with van der Waals surface area (Å²) in [5, 5.41) is 2.76. The second kappa shape index (κ2) is 5.76. The van der Waals surface area contributed by atoms with Crippen LogP contribution in [0.25, 0.3) is 11.0 Å². The highest BCUT2D eigenvalue weighted by Crippen LogP contribution is 2.16. The van der Waals surface area contributed by atoms with Gasteiger partial charge < -0.3 is 14.6 Å². The summed E-state index contributed by atoms with van der Waals surface area (Å²) < 4.78 is 7.27. The lowest BCUT2D eigenvalue weighted by atomic mass is 10.2. The molecule has 1 aromatic heterocycles. The van der Waals surface area contributed by atoms with Crippen molar-refractivity contribution in [3.05, 3.63) is 29.6 Å². The predicted molar refractivity (Wildman–Crippen MR) is 83.4 cm³/mol. The number of ether oxygens (including phenoxy) is 1. The molecule has 114 valence electrons. The van der Waals surface area contributed by atoms with E-state index in [4.69, 9.17) is 4.74 Å². The van der Waals surface area contributed by atoms with E-state index in [1.807, 2.05) is 33.9 Å². The van der Waals surface area contributed by atoms with E-state index in [9.17, 15) is 4.79 Å². The van der Waals surface area contributed by atoms with Crippen LogP contribution < -0.4 is 5.32 Å². The normalized spacial score (nSPS) is 11.7. The zero-order valence-corrected chi connectivity index (χ0v) is 13.4. The van der Waals surface area contributed by atoms with Crippen LogP contribution in [0.2, 0.25) is 0 Å². The Labute approximate surface area is 125 Å². The molecule has 21 heavy (non-hydrogen) atoms. The van der Waals surface area contributed by atoms with Crippen LogP contribution in [0, 0.1) is 6.92 Å². The Kier molecular flexibility index (Phi) is 4.21. The number of nitrogens with one attached hydrogen (secondary N) is 1. The number of aromatic nitrogens is 2. The number of alkyl carbamates (subject to hydrolysis) is 1. The molecule has 0 atom stereocenters. The van der Waals surface area contributed by atoms with Crippen molar-refractivity contribution in [2.45, 2.75) is 39.7 Å². The fourth-order valence-electron chi connectivity index (χ4n) is 2.16. The number of hydrogen-bond donors (Lipinski definition) is 1. The molecule has 5 nitrogen and oxygen atoms in total. The summed E-state index contributed by atoms with van der Waals surface area (Å²) in [6.07, 6.45) is 0.279. The van der Waals surface area contributed by atoms with E-state index in [-0.39, 0.29) is 0 Å². The lowest BCUT2D eigenvalue weighted by molar-refractivity contribution is 0.0528. The summed E-state index contributed by atoms with van der Waals surface area (Å²) in [4.78, 5) is 16.2. The van der Waals surface area contributed by atoms with Gasteiger partial charge in [0.15, 0.2) is 0 Å². The number of benzene rings is 1. The van der Waals surface area contributed by atoms with E-state index >= 15 is 0 Å². The van der Waals surface area contributed by atoms with Crippen molar-refractivity contribution >= 4 is 17.1 Å².